The number of rotatable bonds is 6. The lowest BCUT2D eigenvalue weighted by Crippen LogP contribution is -2.15. The van der Waals surface area contributed by atoms with E-state index >= 15 is 0 Å². The first-order chi connectivity index (χ1) is 10.3. The molecule has 0 bridgehead atoms. The number of aryl methyl sites for hydroxylation is 2. The molecule has 1 N–H and O–H groups in total. The van der Waals surface area contributed by atoms with Crippen LogP contribution in [0.3, 0.4) is 0 Å². The molecule has 3 aromatic rings. The van der Waals surface area contributed by atoms with Crippen LogP contribution in [-0.4, -0.2) is 7.05 Å². The third kappa shape index (κ3) is 3.36. The van der Waals surface area contributed by atoms with E-state index in [4.69, 9.17) is 4.42 Å². The second-order valence-electron chi connectivity index (χ2n) is 5.50. The molecule has 110 valence electrons. The van der Waals surface area contributed by atoms with E-state index in [-0.39, 0.29) is 6.04 Å². The molecule has 0 saturated heterocycles. The fourth-order valence-corrected chi connectivity index (χ4v) is 3.47. The third-order valence-electron chi connectivity index (χ3n) is 3.88. The molecular formula is C18H21NOS. The Morgan fingerprint density at radius 2 is 2.14 bits per heavy atom. The van der Waals surface area contributed by atoms with Gasteiger partial charge in [-0.25, -0.2) is 0 Å². The summed E-state index contributed by atoms with van der Waals surface area (Å²) < 4.78 is 6.00. The Hall–Kier alpha value is -1.58. The molecule has 0 aliphatic heterocycles. The van der Waals surface area contributed by atoms with Crippen molar-refractivity contribution >= 4 is 22.3 Å². The van der Waals surface area contributed by atoms with Gasteiger partial charge in [-0.05, 0) is 62.9 Å². The molecule has 0 fully saturated rings. The number of furan rings is 1. The van der Waals surface area contributed by atoms with Crippen LogP contribution in [0.5, 0.6) is 0 Å². The predicted octanol–water partition coefficient (Wildman–Crippen LogP) is 5.09. The lowest BCUT2D eigenvalue weighted by Gasteiger charge is -2.12. The minimum Gasteiger partial charge on any atom is -0.459 e. The monoisotopic (exact) mass is 299 g/mol. The third-order valence-corrected chi connectivity index (χ3v) is 4.82. The molecule has 0 saturated carbocycles. The summed E-state index contributed by atoms with van der Waals surface area (Å²) in [4.78, 5) is 1.46. The molecule has 0 aliphatic rings. The van der Waals surface area contributed by atoms with E-state index in [1.165, 1.54) is 22.2 Å². The summed E-state index contributed by atoms with van der Waals surface area (Å²) >= 11 is 1.84. The van der Waals surface area contributed by atoms with Gasteiger partial charge in [-0.1, -0.05) is 17.7 Å². The zero-order chi connectivity index (χ0) is 14.7. The van der Waals surface area contributed by atoms with Crippen LogP contribution in [0.2, 0.25) is 0 Å². The fourth-order valence-electron chi connectivity index (χ4n) is 2.72. The lowest BCUT2D eigenvalue weighted by molar-refractivity contribution is 0.425. The van der Waals surface area contributed by atoms with Gasteiger partial charge >= 0.3 is 0 Å². The number of thiophene rings is 1. The van der Waals surface area contributed by atoms with Gasteiger partial charge in [0.15, 0.2) is 0 Å². The van der Waals surface area contributed by atoms with Crippen LogP contribution in [0.15, 0.2) is 46.2 Å². The normalized spacial score (nSPS) is 12.9. The van der Waals surface area contributed by atoms with E-state index in [0.29, 0.717) is 0 Å². The standard InChI is InChI=1S/C18H21NOS/c1-13-8-9-17-14(11-13)12-18(20-17)16(19-2)7-3-5-15-6-4-10-21-15/h4,6,8-12,16,19H,3,5,7H2,1-2H3. The molecule has 2 nitrogen and oxygen atoms in total. The van der Waals surface area contributed by atoms with Crippen LogP contribution < -0.4 is 5.32 Å². The fraction of sp³-hybridized carbons (Fsp3) is 0.333. The molecule has 1 unspecified atom stereocenters. The van der Waals surface area contributed by atoms with Crippen molar-refractivity contribution in [2.24, 2.45) is 0 Å². The summed E-state index contributed by atoms with van der Waals surface area (Å²) in [6.45, 7) is 2.11. The van der Waals surface area contributed by atoms with Crippen LogP contribution >= 0.6 is 11.3 Å². The highest BCUT2D eigenvalue weighted by Crippen LogP contribution is 2.27. The highest BCUT2D eigenvalue weighted by atomic mass is 32.1. The Morgan fingerprint density at radius 1 is 1.24 bits per heavy atom. The maximum Gasteiger partial charge on any atom is 0.134 e. The van der Waals surface area contributed by atoms with Crippen molar-refractivity contribution in [3.63, 3.8) is 0 Å². The van der Waals surface area contributed by atoms with Gasteiger partial charge in [-0.15, -0.1) is 11.3 Å². The van der Waals surface area contributed by atoms with E-state index < -0.39 is 0 Å². The van der Waals surface area contributed by atoms with Crippen molar-refractivity contribution in [1.82, 2.24) is 5.32 Å². The van der Waals surface area contributed by atoms with Gasteiger partial charge in [0.1, 0.15) is 11.3 Å². The number of hydrogen-bond acceptors (Lipinski definition) is 3. The molecule has 0 amide bonds. The number of nitrogens with one attached hydrogen (secondary N) is 1. The van der Waals surface area contributed by atoms with Gasteiger partial charge in [0.2, 0.25) is 0 Å². The van der Waals surface area contributed by atoms with Crippen molar-refractivity contribution in [3.05, 3.63) is 58.0 Å². The summed E-state index contributed by atoms with van der Waals surface area (Å²) in [6.07, 6.45) is 3.41. The molecular weight excluding hydrogens is 278 g/mol. The molecule has 0 spiro atoms. The van der Waals surface area contributed by atoms with E-state index in [9.17, 15) is 0 Å². The first kappa shape index (κ1) is 14.4. The zero-order valence-corrected chi connectivity index (χ0v) is 13.4. The first-order valence-corrected chi connectivity index (χ1v) is 8.34. The lowest BCUT2D eigenvalue weighted by atomic mass is 10.1. The number of fused-ring (bicyclic) bond motifs is 1. The molecule has 1 aromatic carbocycles. The molecule has 2 aromatic heterocycles. The van der Waals surface area contributed by atoms with Crippen molar-refractivity contribution in [3.8, 4) is 0 Å². The minimum atomic E-state index is 0.290. The quantitative estimate of drug-likeness (QED) is 0.686. The summed E-state index contributed by atoms with van der Waals surface area (Å²) in [6, 6.07) is 13.1. The van der Waals surface area contributed by atoms with Crippen LogP contribution in [-0.2, 0) is 6.42 Å². The topological polar surface area (TPSA) is 25.2 Å². The number of hydrogen-bond donors (Lipinski definition) is 1. The smallest absolute Gasteiger partial charge is 0.134 e. The molecule has 2 heterocycles. The highest BCUT2D eigenvalue weighted by Gasteiger charge is 2.14. The molecule has 0 radical (unpaired) electrons. The SMILES string of the molecule is CNC(CCCc1cccs1)c1cc2cc(C)ccc2o1. The average molecular weight is 299 g/mol. The summed E-state index contributed by atoms with van der Waals surface area (Å²) in [5.74, 6) is 1.05. The average Bonchev–Trinajstić information content (AvgIpc) is 3.12. The van der Waals surface area contributed by atoms with Crippen LogP contribution in [0.4, 0.5) is 0 Å². The summed E-state index contributed by atoms with van der Waals surface area (Å²) in [5.41, 5.74) is 2.25. The molecule has 0 aliphatic carbocycles. The Kier molecular flexibility index (Phi) is 4.42. The van der Waals surface area contributed by atoms with Gasteiger partial charge < -0.3 is 9.73 Å². The van der Waals surface area contributed by atoms with Crippen LogP contribution in [0.25, 0.3) is 11.0 Å². The Labute approximate surface area is 129 Å². The van der Waals surface area contributed by atoms with Gasteiger partial charge in [-0.3, -0.25) is 0 Å². The Morgan fingerprint density at radius 3 is 2.90 bits per heavy atom. The Balaban J connectivity index is 1.69. The molecule has 21 heavy (non-hydrogen) atoms. The van der Waals surface area contributed by atoms with Crippen molar-refractivity contribution in [2.45, 2.75) is 32.2 Å². The second-order valence-corrected chi connectivity index (χ2v) is 6.54. The maximum absolute atomic E-state index is 6.00. The molecule has 3 heteroatoms. The first-order valence-electron chi connectivity index (χ1n) is 7.46. The summed E-state index contributed by atoms with van der Waals surface area (Å²) in [5, 5.41) is 6.73. The van der Waals surface area contributed by atoms with Gasteiger partial charge in [0.25, 0.3) is 0 Å². The molecule has 3 rings (SSSR count). The van der Waals surface area contributed by atoms with E-state index in [1.54, 1.807) is 0 Å². The predicted molar refractivity (Wildman–Crippen MR) is 90.0 cm³/mol. The highest BCUT2D eigenvalue weighted by molar-refractivity contribution is 7.09. The second kappa shape index (κ2) is 6.46. The van der Waals surface area contributed by atoms with Crippen molar-refractivity contribution in [1.29, 1.82) is 0 Å². The summed E-state index contributed by atoms with van der Waals surface area (Å²) in [7, 11) is 2.01. The van der Waals surface area contributed by atoms with E-state index in [2.05, 4.69) is 54.0 Å². The molecule has 1 atom stereocenters. The maximum atomic E-state index is 6.00. The van der Waals surface area contributed by atoms with Crippen LogP contribution in [0, 0.1) is 6.92 Å². The number of benzene rings is 1. The van der Waals surface area contributed by atoms with Crippen molar-refractivity contribution < 1.29 is 4.42 Å². The van der Waals surface area contributed by atoms with Gasteiger partial charge in [0.05, 0.1) is 6.04 Å². The van der Waals surface area contributed by atoms with Gasteiger partial charge in [0, 0.05) is 10.3 Å². The van der Waals surface area contributed by atoms with Gasteiger partial charge in [-0.2, -0.15) is 0 Å². The van der Waals surface area contributed by atoms with E-state index in [1.807, 2.05) is 18.4 Å². The Bertz CT molecular complexity index is 699. The van der Waals surface area contributed by atoms with Crippen molar-refractivity contribution in [2.75, 3.05) is 7.05 Å². The minimum absolute atomic E-state index is 0.290. The van der Waals surface area contributed by atoms with Crippen LogP contribution in [0.1, 0.15) is 35.1 Å². The van der Waals surface area contributed by atoms with E-state index in [0.717, 1.165) is 24.2 Å². The zero-order valence-electron chi connectivity index (χ0n) is 12.6. The largest absolute Gasteiger partial charge is 0.459 e.